The molecule has 18 heavy (non-hydrogen) atoms. The number of fused-ring (bicyclic) bond motifs is 1. The van der Waals surface area contributed by atoms with Crippen LogP contribution in [-0.4, -0.2) is 24.0 Å². The number of rotatable bonds is 4. The van der Waals surface area contributed by atoms with Crippen LogP contribution in [0.1, 0.15) is 13.3 Å². The lowest BCUT2D eigenvalue weighted by Gasteiger charge is -2.06. The molecule has 0 saturated heterocycles. The maximum Gasteiger partial charge on any atom is 0.243 e. The zero-order chi connectivity index (χ0) is 13.1. The van der Waals surface area contributed by atoms with E-state index in [1.165, 1.54) is 11.3 Å². The number of anilines is 1. The standard InChI is InChI=1S/C12H15N3O2S/c1-3-8(13)11(16)15-12-14-9-5-4-7(17-2)6-10(9)18-12/h4-6,8H,3,13H2,1-2H3,(H,14,15,16)/t8-/m1/s1. The minimum Gasteiger partial charge on any atom is -0.497 e. The van der Waals surface area contributed by atoms with Crippen LogP contribution < -0.4 is 15.8 Å². The van der Waals surface area contributed by atoms with Gasteiger partial charge < -0.3 is 15.8 Å². The van der Waals surface area contributed by atoms with Gasteiger partial charge in [-0.1, -0.05) is 18.3 Å². The highest BCUT2D eigenvalue weighted by atomic mass is 32.1. The maximum atomic E-state index is 11.6. The summed E-state index contributed by atoms with van der Waals surface area (Å²) >= 11 is 1.40. The number of hydrogen-bond acceptors (Lipinski definition) is 5. The fourth-order valence-corrected chi connectivity index (χ4v) is 2.37. The van der Waals surface area contributed by atoms with Crippen molar-refractivity contribution in [2.45, 2.75) is 19.4 Å². The Morgan fingerprint density at radius 3 is 3.06 bits per heavy atom. The van der Waals surface area contributed by atoms with E-state index in [1.807, 2.05) is 25.1 Å². The zero-order valence-corrected chi connectivity index (χ0v) is 11.1. The third-order valence-electron chi connectivity index (χ3n) is 2.60. The van der Waals surface area contributed by atoms with E-state index in [0.29, 0.717) is 11.6 Å². The summed E-state index contributed by atoms with van der Waals surface area (Å²) in [5.74, 6) is 0.567. The summed E-state index contributed by atoms with van der Waals surface area (Å²) in [4.78, 5) is 16.0. The summed E-state index contributed by atoms with van der Waals surface area (Å²) < 4.78 is 6.11. The number of nitrogens with two attached hydrogens (primary N) is 1. The molecule has 0 unspecified atom stereocenters. The molecule has 0 bridgehead atoms. The first-order chi connectivity index (χ1) is 8.63. The van der Waals surface area contributed by atoms with Crippen molar-refractivity contribution in [2.75, 3.05) is 12.4 Å². The fourth-order valence-electron chi connectivity index (χ4n) is 1.47. The maximum absolute atomic E-state index is 11.6. The van der Waals surface area contributed by atoms with Gasteiger partial charge in [0.2, 0.25) is 5.91 Å². The van der Waals surface area contributed by atoms with E-state index < -0.39 is 6.04 Å². The van der Waals surface area contributed by atoms with E-state index in [1.54, 1.807) is 7.11 Å². The second kappa shape index (κ2) is 5.32. The lowest BCUT2D eigenvalue weighted by molar-refractivity contribution is -0.117. The first kappa shape index (κ1) is 12.8. The highest BCUT2D eigenvalue weighted by molar-refractivity contribution is 7.22. The molecule has 96 valence electrons. The second-order valence-corrected chi connectivity index (χ2v) is 4.89. The monoisotopic (exact) mass is 265 g/mol. The number of thiazole rings is 1. The molecule has 1 heterocycles. The molecule has 5 nitrogen and oxygen atoms in total. The molecule has 1 atom stereocenters. The van der Waals surface area contributed by atoms with Gasteiger partial charge in [-0.3, -0.25) is 4.79 Å². The van der Waals surface area contributed by atoms with Gasteiger partial charge in [0.1, 0.15) is 5.75 Å². The fraction of sp³-hybridized carbons (Fsp3) is 0.333. The van der Waals surface area contributed by atoms with Crippen molar-refractivity contribution in [3.63, 3.8) is 0 Å². The predicted octanol–water partition coefficient (Wildman–Crippen LogP) is 1.98. The van der Waals surface area contributed by atoms with E-state index >= 15 is 0 Å². The van der Waals surface area contributed by atoms with E-state index in [9.17, 15) is 4.79 Å². The molecule has 0 saturated carbocycles. The van der Waals surface area contributed by atoms with Gasteiger partial charge in [-0.15, -0.1) is 0 Å². The van der Waals surface area contributed by atoms with Crippen LogP contribution in [-0.2, 0) is 4.79 Å². The third kappa shape index (κ3) is 2.60. The minimum atomic E-state index is -0.494. The van der Waals surface area contributed by atoms with Crippen LogP contribution in [0.15, 0.2) is 18.2 Å². The van der Waals surface area contributed by atoms with Gasteiger partial charge in [0.05, 0.1) is 23.4 Å². The molecule has 0 spiro atoms. The van der Waals surface area contributed by atoms with Crippen molar-refractivity contribution >= 4 is 32.6 Å². The summed E-state index contributed by atoms with van der Waals surface area (Å²) in [7, 11) is 1.62. The van der Waals surface area contributed by atoms with Crippen molar-refractivity contribution in [3.8, 4) is 5.75 Å². The van der Waals surface area contributed by atoms with E-state index in [-0.39, 0.29) is 5.91 Å². The number of nitrogens with zero attached hydrogens (tertiary/aromatic N) is 1. The van der Waals surface area contributed by atoms with Gasteiger partial charge in [-0.2, -0.15) is 0 Å². The average molecular weight is 265 g/mol. The van der Waals surface area contributed by atoms with Gasteiger partial charge in [0.15, 0.2) is 5.13 Å². The molecule has 0 aliphatic carbocycles. The number of amides is 1. The predicted molar refractivity (Wildman–Crippen MR) is 73.1 cm³/mol. The van der Waals surface area contributed by atoms with Gasteiger partial charge in [-0.25, -0.2) is 4.98 Å². The van der Waals surface area contributed by atoms with E-state index in [2.05, 4.69) is 10.3 Å². The van der Waals surface area contributed by atoms with E-state index in [4.69, 9.17) is 10.5 Å². The number of nitrogens with one attached hydrogen (secondary N) is 1. The molecular weight excluding hydrogens is 250 g/mol. The number of carbonyl (C=O) groups is 1. The smallest absolute Gasteiger partial charge is 0.243 e. The van der Waals surface area contributed by atoms with Crippen molar-refractivity contribution in [3.05, 3.63) is 18.2 Å². The zero-order valence-electron chi connectivity index (χ0n) is 10.3. The number of hydrogen-bond donors (Lipinski definition) is 2. The van der Waals surface area contributed by atoms with Gasteiger partial charge in [-0.05, 0) is 24.6 Å². The van der Waals surface area contributed by atoms with Gasteiger partial charge >= 0.3 is 0 Å². The summed E-state index contributed by atoms with van der Waals surface area (Å²) in [6.45, 7) is 1.87. The van der Waals surface area contributed by atoms with Gasteiger partial charge in [0.25, 0.3) is 0 Å². The quantitative estimate of drug-likeness (QED) is 0.886. The summed E-state index contributed by atoms with van der Waals surface area (Å²) in [5, 5.41) is 3.28. The molecule has 2 aromatic rings. The Balaban J connectivity index is 2.22. The number of carbonyl (C=O) groups excluding carboxylic acids is 1. The van der Waals surface area contributed by atoms with E-state index in [0.717, 1.165) is 16.0 Å². The summed E-state index contributed by atoms with van der Waals surface area (Å²) in [5.41, 5.74) is 6.48. The molecule has 1 aromatic heterocycles. The number of methoxy groups -OCH3 is 1. The normalized spacial score (nSPS) is 12.4. The lowest BCUT2D eigenvalue weighted by atomic mass is 10.2. The highest BCUT2D eigenvalue weighted by Gasteiger charge is 2.13. The molecule has 0 aliphatic rings. The Morgan fingerprint density at radius 1 is 1.61 bits per heavy atom. The largest absolute Gasteiger partial charge is 0.497 e. The van der Waals surface area contributed by atoms with Crippen LogP contribution >= 0.6 is 11.3 Å². The minimum absolute atomic E-state index is 0.205. The molecule has 0 radical (unpaired) electrons. The second-order valence-electron chi connectivity index (χ2n) is 3.86. The Bertz CT molecular complexity index is 567. The highest BCUT2D eigenvalue weighted by Crippen LogP contribution is 2.29. The van der Waals surface area contributed by atoms with Crippen LogP contribution in [0.25, 0.3) is 10.2 Å². The van der Waals surface area contributed by atoms with Crippen molar-refractivity contribution in [2.24, 2.45) is 5.73 Å². The number of aromatic nitrogens is 1. The lowest BCUT2D eigenvalue weighted by Crippen LogP contribution is -2.34. The average Bonchev–Trinajstić information content (AvgIpc) is 2.78. The SMILES string of the molecule is CC[C@@H](N)C(=O)Nc1nc2ccc(OC)cc2s1. The van der Waals surface area contributed by atoms with Crippen molar-refractivity contribution in [1.29, 1.82) is 0 Å². The molecule has 0 fully saturated rings. The van der Waals surface area contributed by atoms with Crippen molar-refractivity contribution in [1.82, 2.24) is 4.98 Å². The Morgan fingerprint density at radius 2 is 2.39 bits per heavy atom. The topological polar surface area (TPSA) is 77.2 Å². The molecule has 6 heteroatoms. The van der Waals surface area contributed by atoms with Gasteiger partial charge in [0, 0.05) is 0 Å². The Hall–Kier alpha value is -1.66. The molecule has 1 aromatic carbocycles. The van der Waals surface area contributed by atoms with Crippen LogP contribution in [0.3, 0.4) is 0 Å². The number of ether oxygens (including phenoxy) is 1. The summed E-state index contributed by atoms with van der Waals surface area (Å²) in [6.07, 6.45) is 0.602. The Kier molecular flexibility index (Phi) is 3.78. The molecular formula is C12H15N3O2S. The van der Waals surface area contributed by atoms with Crippen LogP contribution in [0.5, 0.6) is 5.75 Å². The first-order valence-corrected chi connectivity index (χ1v) is 6.46. The van der Waals surface area contributed by atoms with Crippen LogP contribution in [0, 0.1) is 0 Å². The van der Waals surface area contributed by atoms with Crippen LogP contribution in [0.2, 0.25) is 0 Å². The Labute approximate surface area is 109 Å². The summed E-state index contributed by atoms with van der Waals surface area (Å²) in [6, 6.07) is 5.10. The third-order valence-corrected chi connectivity index (χ3v) is 3.54. The van der Waals surface area contributed by atoms with Crippen LogP contribution in [0.4, 0.5) is 5.13 Å². The number of benzene rings is 1. The molecule has 2 rings (SSSR count). The molecule has 3 N–H and O–H groups in total. The van der Waals surface area contributed by atoms with Crippen molar-refractivity contribution < 1.29 is 9.53 Å². The first-order valence-electron chi connectivity index (χ1n) is 5.65. The molecule has 1 amide bonds. The molecule has 0 aliphatic heterocycles.